The number of anilines is 1. The average Bonchev–Trinajstić information content (AvgIpc) is 2.62. The minimum absolute atomic E-state index is 0.0579. The summed E-state index contributed by atoms with van der Waals surface area (Å²) in [5.74, 6) is -0.891. The lowest BCUT2D eigenvalue weighted by Gasteiger charge is -2.11. The Balaban J connectivity index is 0.000000552. The van der Waals surface area contributed by atoms with Gasteiger partial charge in [0.15, 0.2) is 0 Å². The molecule has 1 amide bonds. The SMILES string of the molecule is CC(=O)Nc1ccc(-c2ccccc2-c2ccccc2)cc1.CC(=O)O. The normalized spacial score (nSPS) is 9.62. The molecule has 0 spiro atoms. The van der Waals surface area contributed by atoms with Crippen LogP contribution < -0.4 is 5.32 Å². The van der Waals surface area contributed by atoms with Crippen LogP contribution in [0.15, 0.2) is 78.9 Å². The van der Waals surface area contributed by atoms with Crippen LogP contribution in [-0.4, -0.2) is 17.0 Å². The van der Waals surface area contributed by atoms with Crippen molar-refractivity contribution in [2.24, 2.45) is 0 Å². The largest absolute Gasteiger partial charge is 0.481 e. The summed E-state index contributed by atoms with van der Waals surface area (Å²) in [5, 5.41) is 10.2. The Kier molecular flexibility index (Phi) is 6.68. The van der Waals surface area contributed by atoms with E-state index in [1.807, 2.05) is 48.5 Å². The van der Waals surface area contributed by atoms with Gasteiger partial charge in [-0.3, -0.25) is 9.59 Å². The molecule has 0 aliphatic heterocycles. The van der Waals surface area contributed by atoms with Gasteiger partial charge in [0.1, 0.15) is 0 Å². The summed E-state index contributed by atoms with van der Waals surface area (Å²) in [6, 6.07) is 26.6. The van der Waals surface area contributed by atoms with Crippen molar-refractivity contribution in [1.29, 1.82) is 0 Å². The number of hydrogen-bond acceptors (Lipinski definition) is 2. The highest BCUT2D eigenvalue weighted by Gasteiger charge is 2.06. The molecule has 0 saturated carbocycles. The second-order valence-electron chi connectivity index (χ2n) is 5.69. The summed E-state index contributed by atoms with van der Waals surface area (Å²) >= 11 is 0. The Hall–Kier alpha value is -3.40. The van der Waals surface area contributed by atoms with E-state index in [0.29, 0.717) is 0 Å². The molecule has 0 aliphatic rings. The molecule has 0 saturated heterocycles. The van der Waals surface area contributed by atoms with Gasteiger partial charge in [-0.2, -0.15) is 0 Å². The molecule has 4 heteroatoms. The van der Waals surface area contributed by atoms with E-state index in [4.69, 9.17) is 9.90 Å². The highest BCUT2D eigenvalue weighted by Crippen LogP contribution is 2.32. The summed E-state index contributed by atoms with van der Waals surface area (Å²) in [6.07, 6.45) is 0. The third kappa shape index (κ3) is 5.60. The maximum Gasteiger partial charge on any atom is 0.300 e. The standard InChI is InChI=1S/C20H17NO.C2H4O2/c1-15(22)21-18-13-11-17(12-14-18)20-10-6-5-9-19(20)16-7-3-2-4-8-16;1-2(3)4/h2-14H,1H3,(H,21,22);1H3,(H,3,4). The fraction of sp³-hybridized carbons (Fsp3) is 0.0909. The molecule has 3 rings (SSSR count). The lowest BCUT2D eigenvalue weighted by molar-refractivity contribution is -0.134. The summed E-state index contributed by atoms with van der Waals surface area (Å²) in [6.45, 7) is 2.60. The predicted octanol–water partition coefficient (Wildman–Crippen LogP) is 5.07. The molecule has 0 atom stereocenters. The number of hydrogen-bond donors (Lipinski definition) is 2. The van der Waals surface area contributed by atoms with Crippen molar-refractivity contribution in [3.8, 4) is 22.3 Å². The van der Waals surface area contributed by atoms with Crippen LogP contribution in [0.5, 0.6) is 0 Å². The zero-order valence-electron chi connectivity index (χ0n) is 14.8. The quantitative estimate of drug-likeness (QED) is 0.695. The first-order chi connectivity index (χ1) is 12.5. The zero-order valence-corrected chi connectivity index (χ0v) is 14.8. The van der Waals surface area contributed by atoms with E-state index in [-0.39, 0.29) is 5.91 Å². The number of carbonyl (C=O) groups is 2. The number of carbonyl (C=O) groups excluding carboxylic acids is 1. The molecule has 3 aromatic rings. The van der Waals surface area contributed by atoms with Gasteiger partial charge in [-0.1, -0.05) is 66.7 Å². The number of rotatable bonds is 3. The first-order valence-corrected chi connectivity index (χ1v) is 8.19. The maximum atomic E-state index is 11.1. The summed E-state index contributed by atoms with van der Waals surface area (Å²) in [7, 11) is 0. The monoisotopic (exact) mass is 347 g/mol. The summed E-state index contributed by atoms with van der Waals surface area (Å²) in [4.78, 5) is 20.1. The summed E-state index contributed by atoms with van der Waals surface area (Å²) < 4.78 is 0. The van der Waals surface area contributed by atoms with E-state index in [1.165, 1.54) is 23.6 Å². The Bertz CT molecular complexity index is 867. The van der Waals surface area contributed by atoms with Crippen LogP contribution in [0, 0.1) is 0 Å². The molecule has 0 unspecified atom stereocenters. The maximum absolute atomic E-state index is 11.1. The van der Waals surface area contributed by atoms with Crippen LogP contribution in [0.2, 0.25) is 0 Å². The van der Waals surface area contributed by atoms with Gasteiger partial charge in [-0.25, -0.2) is 0 Å². The lowest BCUT2D eigenvalue weighted by Crippen LogP contribution is -2.05. The second kappa shape index (κ2) is 9.18. The first-order valence-electron chi connectivity index (χ1n) is 8.19. The fourth-order valence-electron chi connectivity index (χ4n) is 2.54. The molecule has 132 valence electrons. The van der Waals surface area contributed by atoms with Crippen LogP contribution in [0.4, 0.5) is 5.69 Å². The number of aliphatic carboxylic acids is 1. The van der Waals surface area contributed by atoms with E-state index in [9.17, 15) is 4.79 Å². The van der Waals surface area contributed by atoms with Crippen LogP contribution >= 0.6 is 0 Å². The van der Waals surface area contributed by atoms with Crippen molar-refractivity contribution < 1.29 is 14.7 Å². The minimum atomic E-state index is -0.833. The van der Waals surface area contributed by atoms with E-state index >= 15 is 0 Å². The van der Waals surface area contributed by atoms with Gasteiger partial charge in [0, 0.05) is 19.5 Å². The van der Waals surface area contributed by atoms with Crippen molar-refractivity contribution >= 4 is 17.6 Å². The van der Waals surface area contributed by atoms with Crippen LogP contribution in [0.3, 0.4) is 0 Å². The van der Waals surface area contributed by atoms with E-state index in [1.54, 1.807) is 0 Å². The molecule has 0 fully saturated rings. The van der Waals surface area contributed by atoms with Crippen molar-refractivity contribution in [1.82, 2.24) is 0 Å². The smallest absolute Gasteiger partial charge is 0.300 e. The van der Waals surface area contributed by atoms with Gasteiger partial charge in [-0.15, -0.1) is 0 Å². The molecular formula is C22H21NO3. The predicted molar refractivity (Wildman–Crippen MR) is 105 cm³/mol. The molecule has 0 radical (unpaired) electrons. The number of nitrogens with one attached hydrogen (secondary N) is 1. The van der Waals surface area contributed by atoms with Crippen molar-refractivity contribution in [3.63, 3.8) is 0 Å². The molecule has 3 aromatic carbocycles. The Morgan fingerprint density at radius 2 is 1.12 bits per heavy atom. The van der Waals surface area contributed by atoms with Gasteiger partial charge >= 0.3 is 0 Å². The Morgan fingerprint density at radius 1 is 0.692 bits per heavy atom. The molecule has 4 nitrogen and oxygen atoms in total. The van der Waals surface area contributed by atoms with Crippen LogP contribution in [-0.2, 0) is 9.59 Å². The molecule has 2 N–H and O–H groups in total. The first kappa shape index (κ1) is 18.9. The lowest BCUT2D eigenvalue weighted by atomic mass is 9.94. The Morgan fingerprint density at radius 3 is 1.58 bits per heavy atom. The zero-order chi connectivity index (χ0) is 18.9. The Labute approximate surface area is 153 Å². The molecule has 0 aliphatic carbocycles. The third-order valence-corrected chi connectivity index (χ3v) is 3.53. The van der Waals surface area contributed by atoms with E-state index in [2.05, 4.69) is 35.6 Å². The molecule has 26 heavy (non-hydrogen) atoms. The molecule has 0 aromatic heterocycles. The highest BCUT2D eigenvalue weighted by atomic mass is 16.4. The number of carboxylic acids is 1. The van der Waals surface area contributed by atoms with Gasteiger partial charge in [0.2, 0.25) is 5.91 Å². The van der Waals surface area contributed by atoms with Gasteiger partial charge < -0.3 is 10.4 Å². The fourth-order valence-corrected chi connectivity index (χ4v) is 2.54. The molecule has 0 bridgehead atoms. The average molecular weight is 347 g/mol. The number of carboxylic acid groups (broad SMARTS) is 1. The van der Waals surface area contributed by atoms with E-state index in [0.717, 1.165) is 18.2 Å². The van der Waals surface area contributed by atoms with Gasteiger partial charge in [0.05, 0.1) is 0 Å². The highest BCUT2D eigenvalue weighted by molar-refractivity contribution is 5.89. The van der Waals surface area contributed by atoms with Gasteiger partial charge in [-0.05, 0) is 34.4 Å². The topological polar surface area (TPSA) is 66.4 Å². The number of amides is 1. The minimum Gasteiger partial charge on any atom is -0.481 e. The molecule has 0 heterocycles. The third-order valence-electron chi connectivity index (χ3n) is 3.53. The van der Waals surface area contributed by atoms with Crippen LogP contribution in [0.1, 0.15) is 13.8 Å². The molecular weight excluding hydrogens is 326 g/mol. The number of benzene rings is 3. The van der Waals surface area contributed by atoms with Crippen molar-refractivity contribution in [2.75, 3.05) is 5.32 Å². The van der Waals surface area contributed by atoms with Gasteiger partial charge in [0.25, 0.3) is 5.97 Å². The van der Waals surface area contributed by atoms with Crippen LogP contribution in [0.25, 0.3) is 22.3 Å². The van der Waals surface area contributed by atoms with E-state index < -0.39 is 5.97 Å². The van der Waals surface area contributed by atoms with Crippen molar-refractivity contribution in [2.45, 2.75) is 13.8 Å². The van der Waals surface area contributed by atoms with Crippen molar-refractivity contribution in [3.05, 3.63) is 78.9 Å². The summed E-state index contributed by atoms with van der Waals surface area (Å²) in [5.41, 5.74) is 5.53. The second-order valence-corrected chi connectivity index (χ2v) is 5.69.